The van der Waals surface area contributed by atoms with Gasteiger partial charge in [-0.2, -0.15) is 0 Å². The quantitative estimate of drug-likeness (QED) is 0.849. The fourth-order valence-electron chi connectivity index (χ4n) is 1.37. The number of rotatable bonds is 5. The van der Waals surface area contributed by atoms with E-state index in [1.165, 1.54) is 11.0 Å². The maximum absolute atomic E-state index is 12.9. The molecular weight excluding hydrogens is 226 g/mol. The molecule has 0 radical (unpaired) electrons. The average Bonchev–Trinajstić information content (AvgIpc) is 2.30. The highest BCUT2D eigenvalue weighted by Gasteiger charge is 2.09. The van der Waals surface area contributed by atoms with E-state index in [1.807, 2.05) is 6.92 Å². The number of hydrogen-bond acceptors (Lipinski definition) is 2. The normalized spacial score (nSPS) is 10.4. The van der Waals surface area contributed by atoms with Gasteiger partial charge >= 0.3 is 0 Å². The molecule has 0 bridgehead atoms. The molecule has 17 heavy (non-hydrogen) atoms. The van der Waals surface area contributed by atoms with Crippen LogP contribution in [-0.2, 0) is 11.3 Å². The third-order valence-electron chi connectivity index (χ3n) is 2.36. The van der Waals surface area contributed by atoms with Gasteiger partial charge in [-0.05, 0) is 24.2 Å². The Morgan fingerprint density at radius 3 is 2.65 bits per heavy atom. The van der Waals surface area contributed by atoms with E-state index in [-0.39, 0.29) is 19.0 Å². The van der Waals surface area contributed by atoms with Crippen LogP contribution in [0.3, 0.4) is 0 Å². The van der Waals surface area contributed by atoms with Crippen molar-refractivity contribution in [1.82, 2.24) is 10.2 Å². The highest BCUT2D eigenvalue weighted by molar-refractivity contribution is 5.77. The Labute approximate surface area is 99.4 Å². The van der Waals surface area contributed by atoms with Crippen LogP contribution in [-0.4, -0.2) is 30.9 Å². The first-order chi connectivity index (χ1) is 8.04. The highest BCUT2D eigenvalue weighted by atomic mass is 19.2. The Hall–Kier alpha value is -1.49. The molecule has 1 aromatic rings. The molecular formula is C12H16F2N2O. The minimum Gasteiger partial charge on any atom is -0.340 e. The van der Waals surface area contributed by atoms with Crippen LogP contribution in [0, 0.1) is 11.6 Å². The van der Waals surface area contributed by atoms with E-state index in [9.17, 15) is 13.6 Å². The largest absolute Gasteiger partial charge is 0.340 e. The smallest absolute Gasteiger partial charge is 0.236 e. The lowest BCUT2D eigenvalue weighted by Crippen LogP contribution is -2.35. The molecule has 0 aliphatic rings. The molecule has 0 aliphatic heterocycles. The van der Waals surface area contributed by atoms with E-state index >= 15 is 0 Å². The van der Waals surface area contributed by atoms with Crippen molar-refractivity contribution in [2.45, 2.75) is 13.5 Å². The lowest BCUT2D eigenvalue weighted by molar-refractivity contribution is -0.129. The van der Waals surface area contributed by atoms with Gasteiger partial charge in [0.2, 0.25) is 5.91 Å². The zero-order valence-corrected chi connectivity index (χ0v) is 9.96. The predicted molar refractivity (Wildman–Crippen MR) is 61.4 cm³/mol. The number of benzene rings is 1. The molecule has 1 amide bonds. The Bertz CT molecular complexity index is 396. The van der Waals surface area contributed by atoms with Gasteiger partial charge in [0.15, 0.2) is 11.6 Å². The molecule has 0 unspecified atom stereocenters. The highest BCUT2D eigenvalue weighted by Crippen LogP contribution is 2.10. The maximum Gasteiger partial charge on any atom is 0.236 e. The van der Waals surface area contributed by atoms with Crippen LogP contribution in [0.4, 0.5) is 8.78 Å². The molecule has 0 saturated heterocycles. The van der Waals surface area contributed by atoms with Crippen LogP contribution in [0.5, 0.6) is 0 Å². The number of nitrogens with zero attached hydrogens (tertiary/aromatic N) is 1. The second kappa shape index (κ2) is 6.30. The number of likely N-dealkylation sites (N-methyl/N-ethyl adjacent to an activating group) is 2. The first-order valence-corrected chi connectivity index (χ1v) is 5.43. The number of carbonyl (C=O) groups excluding carboxylic acids is 1. The molecule has 0 atom stereocenters. The summed E-state index contributed by atoms with van der Waals surface area (Å²) in [6.07, 6.45) is 0. The van der Waals surface area contributed by atoms with E-state index in [4.69, 9.17) is 0 Å². The first kappa shape index (κ1) is 13.6. The van der Waals surface area contributed by atoms with Gasteiger partial charge in [-0.15, -0.1) is 0 Å². The Morgan fingerprint density at radius 1 is 1.35 bits per heavy atom. The summed E-state index contributed by atoms with van der Waals surface area (Å²) < 4.78 is 25.6. The third-order valence-corrected chi connectivity index (χ3v) is 2.36. The van der Waals surface area contributed by atoms with Crippen LogP contribution >= 0.6 is 0 Å². The number of carbonyl (C=O) groups is 1. The molecule has 1 aromatic carbocycles. The summed E-state index contributed by atoms with van der Waals surface area (Å²) in [5.41, 5.74) is 0.566. The maximum atomic E-state index is 12.9. The van der Waals surface area contributed by atoms with Crippen LogP contribution in [0.2, 0.25) is 0 Å². The van der Waals surface area contributed by atoms with Crippen molar-refractivity contribution in [2.24, 2.45) is 0 Å². The molecule has 94 valence electrons. The number of halogens is 2. The van der Waals surface area contributed by atoms with Gasteiger partial charge in [0.1, 0.15) is 0 Å². The van der Waals surface area contributed by atoms with E-state index in [2.05, 4.69) is 5.32 Å². The number of hydrogen-bond donors (Lipinski definition) is 1. The Balaban J connectivity index is 2.58. The second-order valence-corrected chi connectivity index (χ2v) is 3.78. The molecule has 1 rings (SSSR count). The molecule has 0 aromatic heterocycles. The van der Waals surface area contributed by atoms with Gasteiger partial charge in [-0.25, -0.2) is 8.78 Å². The van der Waals surface area contributed by atoms with Crippen molar-refractivity contribution < 1.29 is 13.6 Å². The average molecular weight is 242 g/mol. The first-order valence-electron chi connectivity index (χ1n) is 5.43. The standard InChI is InChI=1S/C12H16F2N2O/c1-3-15-7-12(17)16(2)8-9-4-5-10(13)11(14)6-9/h4-6,15H,3,7-8H2,1-2H3. The molecule has 1 N–H and O–H groups in total. The van der Waals surface area contributed by atoms with Crippen molar-refractivity contribution in [1.29, 1.82) is 0 Å². The summed E-state index contributed by atoms with van der Waals surface area (Å²) in [7, 11) is 1.63. The van der Waals surface area contributed by atoms with E-state index in [1.54, 1.807) is 7.05 Å². The van der Waals surface area contributed by atoms with Crippen molar-refractivity contribution in [2.75, 3.05) is 20.1 Å². The minimum absolute atomic E-state index is 0.0865. The summed E-state index contributed by atoms with van der Waals surface area (Å²) >= 11 is 0. The van der Waals surface area contributed by atoms with Crippen LogP contribution < -0.4 is 5.32 Å². The van der Waals surface area contributed by atoms with E-state index < -0.39 is 11.6 Å². The molecule has 0 spiro atoms. The summed E-state index contributed by atoms with van der Waals surface area (Å²) in [6.45, 7) is 3.13. The monoisotopic (exact) mass is 242 g/mol. The van der Waals surface area contributed by atoms with Gasteiger partial charge in [-0.3, -0.25) is 4.79 Å². The van der Waals surface area contributed by atoms with Gasteiger partial charge < -0.3 is 10.2 Å². The molecule has 3 nitrogen and oxygen atoms in total. The number of nitrogens with one attached hydrogen (secondary N) is 1. The van der Waals surface area contributed by atoms with Crippen molar-refractivity contribution in [3.05, 3.63) is 35.4 Å². The SMILES string of the molecule is CCNCC(=O)N(C)Cc1ccc(F)c(F)c1. The van der Waals surface area contributed by atoms with Crippen molar-refractivity contribution in [3.8, 4) is 0 Å². The summed E-state index contributed by atoms with van der Waals surface area (Å²) in [6, 6.07) is 3.63. The summed E-state index contributed by atoms with van der Waals surface area (Å²) in [5, 5.41) is 2.91. The fraction of sp³-hybridized carbons (Fsp3) is 0.417. The van der Waals surface area contributed by atoms with Gasteiger partial charge in [-0.1, -0.05) is 13.0 Å². The van der Waals surface area contributed by atoms with Crippen LogP contribution in [0.1, 0.15) is 12.5 Å². The zero-order chi connectivity index (χ0) is 12.8. The summed E-state index contributed by atoms with van der Waals surface area (Å²) in [4.78, 5) is 13.0. The number of amides is 1. The zero-order valence-electron chi connectivity index (χ0n) is 9.96. The van der Waals surface area contributed by atoms with Gasteiger partial charge in [0.25, 0.3) is 0 Å². The fourth-order valence-corrected chi connectivity index (χ4v) is 1.37. The molecule has 0 heterocycles. The van der Waals surface area contributed by atoms with Gasteiger partial charge in [0, 0.05) is 13.6 Å². The molecule has 0 aliphatic carbocycles. The topological polar surface area (TPSA) is 32.3 Å². The third kappa shape index (κ3) is 4.11. The van der Waals surface area contributed by atoms with E-state index in [0.717, 1.165) is 12.1 Å². The molecule has 0 saturated carbocycles. The summed E-state index contributed by atoms with van der Waals surface area (Å²) in [5.74, 6) is -1.86. The second-order valence-electron chi connectivity index (χ2n) is 3.78. The van der Waals surface area contributed by atoms with Crippen LogP contribution in [0.25, 0.3) is 0 Å². The predicted octanol–water partition coefficient (Wildman–Crippen LogP) is 1.53. The molecule has 5 heteroatoms. The van der Waals surface area contributed by atoms with E-state index in [0.29, 0.717) is 12.1 Å². The minimum atomic E-state index is -0.893. The van der Waals surface area contributed by atoms with Gasteiger partial charge in [0.05, 0.1) is 6.54 Å². The van der Waals surface area contributed by atoms with Crippen molar-refractivity contribution >= 4 is 5.91 Å². The Morgan fingerprint density at radius 2 is 2.06 bits per heavy atom. The Kier molecular flexibility index (Phi) is 5.03. The molecule has 0 fully saturated rings. The van der Waals surface area contributed by atoms with Crippen molar-refractivity contribution in [3.63, 3.8) is 0 Å². The lowest BCUT2D eigenvalue weighted by atomic mass is 10.2. The lowest BCUT2D eigenvalue weighted by Gasteiger charge is -2.17. The van der Waals surface area contributed by atoms with Crippen LogP contribution in [0.15, 0.2) is 18.2 Å².